The molecule has 2 aliphatic heterocycles. The predicted octanol–water partition coefficient (Wildman–Crippen LogP) is 6.91. The van der Waals surface area contributed by atoms with Crippen molar-refractivity contribution in [1.82, 2.24) is 45.6 Å². The van der Waals surface area contributed by atoms with Gasteiger partial charge in [0.15, 0.2) is 0 Å². The zero-order chi connectivity index (χ0) is 49.2. The van der Waals surface area contributed by atoms with E-state index in [9.17, 15) is 28.8 Å². The van der Waals surface area contributed by atoms with Crippen molar-refractivity contribution in [3.8, 4) is 0 Å². The minimum atomic E-state index is -1.16. The molecule has 3 aromatic rings. The van der Waals surface area contributed by atoms with Crippen LogP contribution in [0.15, 0.2) is 66.9 Å². The van der Waals surface area contributed by atoms with Gasteiger partial charge in [-0.1, -0.05) is 118 Å². The maximum absolute atomic E-state index is 14.7. The minimum absolute atomic E-state index is 0.0682. The number of carbonyl (C=O) groups excluding carboxylic acids is 6. The maximum Gasteiger partial charge on any atom is 0.410 e. The van der Waals surface area contributed by atoms with Gasteiger partial charge in [0.1, 0.15) is 36.0 Å². The molecule has 68 heavy (non-hydrogen) atoms. The van der Waals surface area contributed by atoms with Crippen molar-refractivity contribution in [2.24, 2.45) is 5.92 Å². The summed E-state index contributed by atoms with van der Waals surface area (Å²) >= 11 is 0. The van der Waals surface area contributed by atoms with Gasteiger partial charge in [-0.3, -0.25) is 28.8 Å². The Morgan fingerprint density at radius 1 is 0.853 bits per heavy atom. The number of hydrogen-bond donors (Lipinski definition) is 3. The Labute approximate surface area is 402 Å². The Kier molecular flexibility index (Phi) is 20.2. The van der Waals surface area contributed by atoms with Crippen LogP contribution in [0.4, 0.5) is 9.59 Å². The normalized spacial score (nSPS) is 18.2. The summed E-state index contributed by atoms with van der Waals surface area (Å²) in [5, 5.41) is 17.8. The summed E-state index contributed by atoms with van der Waals surface area (Å²) in [5.74, 6) is -1.41. The zero-order valence-electron chi connectivity index (χ0n) is 41.3. The molecule has 2 saturated heterocycles. The predicted molar refractivity (Wildman–Crippen MR) is 258 cm³/mol. The van der Waals surface area contributed by atoms with Crippen molar-refractivity contribution in [2.45, 2.75) is 168 Å². The molecule has 0 radical (unpaired) electrons. The van der Waals surface area contributed by atoms with Crippen LogP contribution in [0.2, 0.25) is 0 Å². The Balaban J connectivity index is 1.15. The van der Waals surface area contributed by atoms with E-state index in [-0.39, 0.29) is 49.4 Å². The summed E-state index contributed by atoms with van der Waals surface area (Å²) < 4.78 is 12.6. The van der Waals surface area contributed by atoms with Gasteiger partial charge < -0.3 is 35.2 Å². The number of aryl methyl sites for hydroxylation is 1. The third-order valence-electron chi connectivity index (χ3n) is 12.5. The van der Waals surface area contributed by atoms with Crippen molar-refractivity contribution in [3.63, 3.8) is 0 Å². The van der Waals surface area contributed by atoms with Crippen LogP contribution in [0.25, 0.3) is 0 Å². The second kappa shape index (κ2) is 25.9. The molecule has 5 rings (SSSR count). The molecule has 372 valence electrons. The van der Waals surface area contributed by atoms with Crippen LogP contribution in [0.5, 0.6) is 0 Å². The van der Waals surface area contributed by atoms with Crippen LogP contribution in [0, 0.1) is 5.92 Å². The molecular weight excluding hydrogens is 867 g/mol. The van der Waals surface area contributed by atoms with E-state index in [1.807, 2.05) is 85.4 Å². The Morgan fingerprint density at radius 2 is 1.50 bits per heavy atom. The Morgan fingerprint density at radius 3 is 2.16 bits per heavy atom. The number of nitrogens with zero attached hydrogens (tertiary/aromatic N) is 6. The highest BCUT2D eigenvalue weighted by molar-refractivity contribution is 5.95. The van der Waals surface area contributed by atoms with E-state index < -0.39 is 47.7 Å². The smallest absolute Gasteiger partial charge is 0.410 e. The van der Waals surface area contributed by atoms with E-state index in [1.54, 1.807) is 37.5 Å². The molecule has 6 amide bonds. The van der Waals surface area contributed by atoms with E-state index in [1.165, 1.54) is 11.9 Å². The number of unbranched alkanes of at least 4 members (excludes halogenated alkanes) is 7. The van der Waals surface area contributed by atoms with Gasteiger partial charge in [0, 0.05) is 45.7 Å². The zero-order valence-corrected chi connectivity index (χ0v) is 41.3. The maximum atomic E-state index is 14.7. The number of aromatic nitrogens is 3. The molecule has 3 heterocycles. The number of carbonyl (C=O) groups is 6. The van der Waals surface area contributed by atoms with Crippen molar-refractivity contribution < 1.29 is 38.2 Å². The monoisotopic (exact) mass is 942 g/mol. The molecule has 1 aromatic heterocycles. The van der Waals surface area contributed by atoms with Gasteiger partial charge in [0.05, 0.1) is 12.2 Å². The summed E-state index contributed by atoms with van der Waals surface area (Å²) in [7, 11) is 1.46. The fourth-order valence-electron chi connectivity index (χ4n) is 8.60. The van der Waals surface area contributed by atoms with E-state index in [4.69, 9.17) is 9.47 Å². The lowest BCUT2D eigenvalue weighted by atomic mass is 10.0. The van der Waals surface area contributed by atoms with Gasteiger partial charge in [-0.05, 0) is 76.8 Å². The first-order valence-corrected chi connectivity index (χ1v) is 24.6. The highest BCUT2D eigenvalue weighted by Crippen LogP contribution is 2.31. The number of alkyl carbamates (subject to hydrolysis) is 1. The summed E-state index contributed by atoms with van der Waals surface area (Å²) in [6.45, 7) is 12.5. The van der Waals surface area contributed by atoms with Crippen LogP contribution in [-0.4, -0.2) is 122 Å². The van der Waals surface area contributed by atoms with Gasteiger partial charge in [-0.15, -0.1) is 5.10 Å². The first-order valence-electron chi connectivity index (χ1n) is 24.6. The number of likely N-dealkylation sites (N-methyl/N-ethyl adjacent to an activating group) is 1. The number of amides is 6. The molecule has 0 spiro atoms. The molecule has 0 bridgehead atoms. The summed E-state index contributed by atoms with van der Waals surface area (Å²) in [6.07, 6.45) is 10.9. The van der Waals surface area contributed by atoms with Crippen LogP contribution >= 0.6 is 0 Å². The fourth-order valence-corrected chi connectivity index (χ4v) is 8.60. The second-order valence-corrected chi connectivity index (χ2v) is 19.6. The van der Waals surface area contributed by atoms with Crippen molar-refractivity contribution >= 4 is 35.8 Å². The largest absolute Gasteiger partial charge is 0.445 e. The highest BCUT2D eigenvalue weighted by atomic mass is 16.6. The average Bonchev–Trinajstić information content (AvgIpc) is 3.96. The topological polar surface area (TPSA) is 197 Å². The molecule has 17 heteroatoms. The Hall–Kier alpha value is -6.00. The molecule has 2 aromatic carbocycles. The van der Waals surface area contributed by atoms with E-state index >= 15 is 0 Å². The summed E-state index contributed by atoms with van der Waals surface area (Å²) in [4.78, 5) is 85.7. The minimum Gasteiger partial charge on any atom is -0.445 e. The molecule has 2 aliphatic rings. The number of rotatable bonds is 22. The third-order valence-corrected chi connectivity index (χ3v) is 12.5. The third kappa shape index (κ3) is 16.4. The van der Waals surface area contributed by atoms with Crippen molar-refractivity contribution in [1.29, 1.82) is 0 Å². The van der Waals surface area contributed by atoms with Gasteiger partial charge in [0.25, 0.3) is 0 Å². The van der Waals surface area contributed by atoms with Gasteiger partial charge in [0.2, 0.25) is 23.6 Å². The number of ether oxygens (including phenoxy) is 2. The van der Waals surface area contributed by atoms with Crippen LogP contribution in [-0.2, 0) is 41.8 Å². The van der Waals surface area contributed by atoms with E-state index in [0.29, 0.717) is 44.6 Å². The highest BCUT2D eigenvalue weighted by Gasteiger charge is 2.46. The Bertz CT molecular complexity index is 2090. The van der Waals surface area contributed by atoms with Crippen molar-refractivity contribution in [2.75, 3.05) is 26.7 Å². The molecule has 3 N–H and O–H groups in total. The van der Waals surface area contributed by atoms with Crippen LogP contribution in [0.1, 0.15) is 141 Å². The van der Waals surface area contributed by atoms with Crippen molar-refractivity contribution in [3.05, 3.63) is 83.7 Å². The molecule has 2 fully saturated rings. The molecule has 0 unspecified atom stereocenters. The lowest BCUT2D eigenvalue weighted by Crippen LogP contribution is -2.62. The van der Waals surface area contributed by atoms with Gasteiger partial charge in [-0.2, -0.15) is 0 Å². The fraction of sp³-hybridized carbons (Fsp3) is 0.608. The van der Waals surface area contributed by atoms with Gasteiger partial charge in [-0.25, -0.2) is 9.59 Å². The summed E-state index contributed by atoms with van der Waals surface area (Å²) in [6, 6.07) is 15.2. The van der Waals surface area contributed by atoms with Gasteiger partial charge >= 0.3 is 12.2 Å². The lowest BCUT2D eigenvalue weighted by molar-refractivity contribution is -0.147. The first kappa shape index (κ1) is 53.0. The molecule has 5 atom stereocenters. The molecular formula is C51H75N9O8. The van der Waals surface area contributed by atoms with E-state index in [0.717, 1.165) is 62.5 Å². The van der Waals surface area contributed by atoms with Crippen LogP contribution < -0.4 is 16.0 Å². The number of nitrogens with one attached hydrogen (secondary N) is 3. The molecule has 0 saturated carbocycles. The average molecular weight is 942 g/mol. The number of benzene rings is 2. The number of fused-ring (bicyclic) bond motifs is 1. The molecule has 17 nitrogen and oxygen atoms in total. The molecule has 0 aliphatic carbocycles. The standard InChI is InChI=1S/C51H75N9O8/c1-36(2)32-44(61)58-31-28-40-26-27-43(60(40)48(64)42(33-58)53-46(62)37(3)57(7)50(66)68-51(4,5)6)47(63)54-45(39-24-18-15-19-25-39)41-34-59(56-55-41)30-21-13-11-9-8-10-12-20-29-52-49(65)67-35-38-22-16-14-17-23-38/h14-19,22-25,34,36-37,40,42-43,45H,8-13,20-21,26-33,35H2,1-7H3,(H,52,65)(H,53,62)(H,54,63)/t37-,40+,42-,43-,45-/m0/s1. The lowest BCUT2D eigenvalue weighted by Gasteiger charge is -2.39. The summed E-state index contributed by atoms with van der Waals surface area (Å²) in [5.41, 5.74) is 1.57. The quantitative estimate of drug-likeness (QED) is 0.0891. The SMILES string of the molecule is CC(C)CC(=O)N1CC[C@H]2CC[C@@H](C(=O)N[C@@H](c3ccccc3)c3cn(CCCCCCCCCCNC(=O)OCc4ccccc4)nn3)N2C(=O)[C@@H](NC(=O)[C@H](C)N(C)C(=O)OC(C)(C)C)C1. The van der Waals surface area contributed by atoms with E-state index in [2.05, 4.69) is 26.3 Å². The number of hydrogen-bond acceptors (Lipinski definition) is 10. The first-order chi connectivity index (χ1) is 32.5. The van der Waals surface area contributed by atoms with Crippen LogP contribution in [0.3, 0.4) is 0 Å². The second-order valence-electron chi connectivity index (χ2n) is 19.6.